The molecule has 0 unspecified atom stereocenters. The van der Waals surface area contributed by atoms with Gasteiger partial charge in [-0.15, -0.1) is 0 Å². The topological polar surface area (TPSA) is 68.3 Å². The molecule has 0 amide bonds. The summed E-state index contributed by atoms with van der Waals surface area (Å²) in [5.41, 5.74) is 0. The molecule has 2 rings (SSSR count). The first-order valence-electron chi connectivity index (χ1n) is 14.3. The Kier molecular flexibility index (Phi) is 14.1. The predicted octanol–water partition coefficient (Wildman–Crippen LogP) is 8.67. The Bertz CT molecular complexity index is 1020. The van der Waals surface area contributed by atoms with Crippen LogP contribution in [0.4, 0.5) is 0 Å². The van der Waals surface area contributed by atoms with E-state index in [2.05, 4.69) is 13.8 Å². The van der Waals surface area contributed by atoms with Gasteiger partial charge in [0.15, 0.2) is 19.7 Å². The van der Waals surface area contributed by atoms with Crippen LogP contribution in [-0.2, 0) is 19.7 Å². The van der Waals surface area contributed by atoms with Crippen molar-refractivity contribution in [1.82, 2.24) is 0 Å². The zero-order chi connectivity index (χ0) is 26.3. The molecule has 2 aromatic rings. The van der Waals surface area contributed by atoms with Gasteiger partial charge in [-0.25, -0.2) is 16.8 Å². The van der Waals surface area contributed by atoms with E-state index >= 15 is 0 Å². The minimum Gasteiger partial charge on any atom is -0.224 e. The average molecular weight is 537 g/mol. The molecule has 0 spiro atoms. The maximum atomic E-state index is 13.3. The third-order valence-corrected chi connectivity index (χ3v) is 10.7. The summed E-state index contributed by atoms with van der Waals surface area (Å²) < 4.78 is 53.2. The molecule has 4 nitrogen and oxygen atoms in total. The molecular formula is C30H48O4S2. The van der Waals surface area contributed by atoms with E-state index < -0.39 is 19.7 Å². The molecule has 0 fully saturated rings. The van der Waals surface area contributed by atoms with Gasteiger partial charge in [0.2, 0.25) is 0 Å². The number of rotatable bonds is 20. The Hall–Kier alpha value is -1.40. The predicted molar refractivity (Wildman–Crippen MR) is 153 cm³/mol. The second-order valence-corrected chi connectivity index (χ2v) is 14.4. The fraction of sp³-hybridized carbons (Fsp3) is 0.667. The number of fused-ring (bicyclic) bond motifs is 1. The van der Waals surface area contributed by atoms with E-state index in [4.69, 9.17) is 0 Å². The van der Waals surface area contributed by atoms with Crippen molar-refractivity contribution < 1.29 is 16.8 Å². The first-order valence-corrected chi connectivity index (χ1v) is 17.6. The standard InChI is InChI=1S/C30H48O4S2/c1-3-5-7-9-11-13-15-17-25-35(31,32)28-23-19-21-27-22-20-24-29(30(27)28)36(33,34)26-18-16-14-12-10-8-6-4-2/h19-24H,3-18,25-26H2,1-2H3. The third-order valence-electron chi connectivity index (χ3n) is 7.03. The summed E-state index contributed by atoms with van der Waals surface area (Å²) in [6.07, 6.45) is 17.3. The van der Waals surface area contributed by atoms with Gasteiger partial charge in [-0.05, 0) is 30.4 Å². The molecule has 0 aliphatic heterocycles. The van der Waals surface area contributed by atoms with E-state index in [1.807, 2.05) is 0 Å². The highest BCUT2D eigenvalue weighted by Gasteiger charge is 2.24. The zero-order valence-electron chi connectivity index (χ0n) is 22.6. The molecule has 204 valence electrons. The number of hydrogen-bond acceptors (Lipinski definition) is 4. The van der Waals surface area contributed by atoms with Gasteiger partial charge in [-0.2, -0.15) is 0 Å². The molecule has 0 saturated heterocycles. The van der Waals surface area contributed by atoms with E-state index in [0.29, 0.717) is 23.6 Å². The van der Waals surface area contributed by atoms with Crippen molar-refractivity contribution in [2.75, 3.05) is 11.5 Å². The lowest BCUT2D eigenvalue weighted by Gasteiger charge is -2.13. The number of sulfone groups is 2. The number of unbranched alkanes of at least 4 members (excludes halogenated alkanes) is 14. The van der Waals surface area contributed by atoms with Crippen LogP contribution in [0.25, 0.3) is 10.8 Å². The van der Waals surface area contributed by atoms with Crippen molar-refractivity contribution in [1.29, 1.82) is 0 Å². The molecule has 36 heavy (non-hydrogen) atoms. The molecule has 0 bridgehead atoms. The lowest BCUT2D eigenvalue weighted by molar-refractivity contribution is 0.572. The molecule has 0 atom stereocenters. The van der Waals surface area contributed by atoms with Crippen molar-refractivity contribution >= 4 is 30.4 Å². The highest BCUT2D eigenvalue weighted by molar-refractivity contribution is 7.92. The van der Waals surface area contributed by atoms with Crippen molar-refractivity contribution in [2.45, 2.75) is 126 Å². The third kappa shape index (κ3) is 10.2. The van der Waals surface area contributed by atoms with Crippen LogP contribution in [-0.4, -0.2) is 28.3 Å². The van der Waals surface area contributed by atoms with Gasteiger partial charge in [0, 0.05) is 5.39 Å². The van der Waals surface area contributed by atoms with Crippen LogP contribution in [0.3, 0.4) is 0 Å². The van der Waals surface area contributed by atoms with Crippen LogP contribution in [0.2, 0.25) is 0 Å². The second-order valence-electron chi connectivity index (χ2n) is 10.2. The smallest absolute Gasteiger partial charge is 0.179 e. The van der Waals surface area contributed by atoms with Crippen LogP contribution < -0.4 is 0 Å². The van der Waals surface area contributed by atoms with Crippen LogP contribution in [0, 0.1) is 0 Å². The van der Waals surface area contributed by atoms with Crippen LogP contribution in [0.1, 0.15) is 117 Å². The minimum absolute atomic E-state index is 0.0630. The summed E-state index contributed by atoms with van der Waals surface area (Å²) >= 11 is 0. The van der Waals surface area contributed by atoms with E-state index in [0.717, 1.165) is 38.5 Å². The molecular weight excluding hydrogens is 488 g/mol. The first kappa shape index (κ1) is 30.8. The number of benzene rings is 2. The van der Waals surface area contributed by atoms with Crippen LogP contribution in [0.5, 0.6) is 0 Å². The molecule has 0 N–H and O–H groups in total. The molecule has 2 aromatic carbocycles. The summed E-state index contributed by atoms with van der Waals surface area (Å²) in [6.45, 7) is 4.40. The van der Waals surface area contributed by atoms with Crippen molar-refractivity contribution in [3.05, 3.63) is 36.4 Å². The molecule has 0 aliphatic rings. The lowest BCUT2D eigenvalue weighted by Crippen LogP contribution is -2.12. The Morgan fingerprint density at radius 2 is 0.806 bits per heavy atom. The summed E-state index contributed by atoms with van der Waals surface area (Å²) in [5, 5.41) is 1.04. The summed E-state index contributed by atoms with van der Waals surface area (Å²) in [5.74, 6) is 0.126. The summed E-state index contributed by atoms with van der Waals surface area (Å²) in [6, 6.07) is 10.2. The minimum atomic E-state index is -3.58. The van der Waals surface area contributed by atoms with Gasteiger partial charge in [-0.3, -0.25) is 0 Å². The van der Waals surface area contributed by atoms with Gasteiger partial charge in [-0.1, -0.05) is 128 Å². The first-order chi connectivity index (χ1) is 17.3. The average Bonchev–Trinajstić information content (AvgIpc) is 2.86. The van der Waals surface area contributed by atoms with Crippen molar-refractivity contribution in [3.8, 4) is 0 Å². The fourth-order valence-electron chi connectivity index (χ4n) is 4.86. The van der Waals surface area contributed by atoms with E-state index in [9.17, 15) is 16.8 Å². The largest absolute Gasteiger partial charge is 0.224 e. The Balaban J connectivity index is 2.05. The van der Waals surface area contributed by atoms with Gasteiger partial charge < -0.3 is 0 Å². The maximum Gasteiger partial charge on any atom is 0.179 e. The Labute approximate surface area is 221 Å². The lowest BCUT2D eigenvalue weighted by atomic mass is 10.1. The van der Waals surface area contributed by atoms with Crippen LogP contribution >= 0.6 is 0 Å². The quantitative estimate of drug-likeness (QED) is 0.159. The van der Waals surface area contributed by atoms with E-state index in [-0.39, 0.29) is 21.3 Å². The Morgan fingerprint density at radius 3 is 1.17 bits per heavy atom. The fourth-order valence-corrected chi connectivity index (χ4v) is 8.19. The monoisotopic (exact) mass is 536 g/mol. The summed E-state index contributed by atoms with van der Waals surface area (Å²) in [7, 11) is -7.15. The highest BCUT2D eigenvalue weighted by atomic mass is 32.2. The molecule has 0 heterocycles. The molecule has 0 radical (unpaired) electrons. The van der Waals surface area contributed by atoms with E-state index in [1.165, 1.54) is 51.4 Å². The van der Waals surface area contributed by atoms with Crippen molar-refractivity contribution in [3.63, 3.8) is 0 Å². The highest BCUT2D eigenvalue weighted by Crippen LogP contribution is 2.31. The van der Waals surface area contributed by atoms with Crippen LogP contribution in [0.15, 0.2) is 46.2 Å². The summed E-state index contributed by atoms with van der Waals surface area (Å²) in [4.78, 5) is 0.330. The molecule has 6 heteroatoms. The van der Waals surface area contributed by atoms with Gasteiger partial charge in [0.05, 0.1) is 21.3 Å². The Morgan fingerprint density at radius 1 is 0.472 bits per heavy atom. The second kappa shape index (κ2) is 16.4. The maximum absolute atomic E-state index is 13.3. The normalized spacial score (nSPS) is 12.4. The molecule has 0 aromatic heterocycles. The molecule has 0 saturated carbocycles. The zero-order valence-corrected chi connectivity index (χ0v) is 24.3. The number of hydrogen-bond donors (Lipinski definition) is 0. The van der Waals surface area contributed by atoms with Gasteiger partial charge in [0.25, 0.3) is 0 Å². The van der Waals surface area contributed by atoms with Gasteiger partial charge >= 0.3 is 0 Å². The van der Waals surface area contributed by atoms with E-state index in [1.54, 1.807) is 36.4 Å². The van der Waals surface area contributed by atoms with Crippen molar-refractivity contribution in [2.24, 2.45) is 0 Å². The molecule has 0 aliphatic carbocycles. The van der Waals surface area contributed by atoms with Gasteiger partial charge in [0.1, 0.15) is 0 Å². The SMILES string of the molecule is CCCCCCCCCCS(=O)(=O)c1cccc2cccc(S(=O)(=O)CCCCCCCCCC)c12.